The molecular formula is C20H26F3N3O3. The molecule has 9 heteroatoms. The predicted molar refractivity (Wildman–Crippen MR) is 104 cm³/mol. The molecule has 0 N–H and O–H groups in total. The van der Waals surface area contributed by atoms with Crippen LogP contribution in [0.2, 0.25) is 0 Å². The Morgan fingerprint density at radius 2 is 1.69 bits per heavy atom. The maximum atomic E-state index is 12.6. The Bertz CT molecular complexity index is 918. The zero-order chi connectivity index (χ0) is 21.6. The van der Waals surface area contributed by atoms with E-state index in [1.165, 1.54) is 29.8 Å². The summed E-state index contributed by atoms with van der Waals surface area (Å²) in [4.78, 5) is 25.9. The van der Waals surface area contributed by atoms with Crippen LogP contribution in [0, 0.1) is 0 Å². The maximum absolute atomic E-state index is 12.6. The number of aromatic nitrogens is 2. The van der Waals surface area contributed by atoms with Crippen molar-refractivity contribution in [2.75, 3.05) is 26.2 Å². The van der Waals surface area contributed by atoms with Crippen molar-refractivity contribution in [1.29, 1.82) is 0 Å². The van der Waals surface area contributed by atoms with Crippen molar-refractivity contribution in [3.63, 3.8) is 0 Å². The molecule has 6 nitrogen and oxygen atoms in total. The van der Waals surface area contributed by atoms with E-state index in [1.807, 2.05) is 6.92 Å². The molecule has 0 saturated heterocycles. The van der Waals surface area contributed by atoms with E-state index in [9.17, 15) is 22.8 Å². The van der Waals surface area contributed by atoms with Gasteiger partial charge in [0, 0.05) is 32.4 Å². The topological polar surface area (TPSA) is 56.5 Å². The largest absolute Gasteiger partial charge is 0.492 e. The third-order valence-electron chi connectivity index (χ3n) is 4.84. The molecule has 29 heavy (non-hydrogen) atoms. The zero-order valence-corrected chi connectivity index (χ0v) is 16.8. The van der Waals surface area contributed by atoms with Gasteiger partial charge in [0.15, 0.2) is 0 Å². The molecule has 0 saturated carbocycles. The number of likely N-dealkylation sites (N-methyl/N-ethyl adjacent to an activating group) is 1. The molecule has 1 aromatic carbocycles. The van der Waals surface area contributed by atoms with E-state index in [2.05, 4.69) is 4.90 Å². The third kappa shape index (κ3) is 6.22. The van der Waals surface area contributed by atoms with E-state index in [-0.39, 0.29) is 11.2 Å². The lowest BCUT2D eigenvalue weighted by atomic mass is 10.2. The van der Waals surface area contributed by atoms with Crippen molar-refractivity contribution in [1.82, 2.24) is 14.0 Å². The van der Waals surface area contributed by atoms with Crippen LogP contribution in [-0.4, -0.2) is 40.3 Å². The standard InChI is InChI=1S/C20H26F3N3O3/c1-4-26(11-5-6-16-14-18(27)25(3)19(28)24(16)2)12-13-29-17-9-7-15(8-10-17)20(21,22)23/h7-10,14H,4-6,11-13H2,1-3H3. The highest BCUT2D eigenvalue weighted by Crippen LogP contribution is 2.30. The first-order valence-corrected chi connectivity index (χ1v) is 9.41. The van der Waals surface area contributed by atoms with Crippen LogP contribution >= 0.6 is 0 Å². The Morgan fingerprint density at radius 3 is 2.28 bits per heavy atom. The second kappa shape index (κ2) is 9.78. The summed E-state index contributed by atoms with van der Waals surface area (Å²) in [7, 11) is 3.09. The van der Waals surface area contributed by atoms with Crippen molar-refractivity contribution in [2.45, 2.75) is 25.9 Å². The Morgan fingerprint density at radius 1 is 1.03 bits per heavy atom. The van der Waals surface area contributed by atoms with Gasteiger partial charge in [-0.3, -0.25) is 9.36 Å². The molecule has 0 aliphatic heterocycles. The normalized spacial score (nSPS) is 11.8. The van der Waals surface area contributed by atoms with Gasteiger partial charge in [0.2, 0.25) is 0 Å². The first-order chi connectivity index (χ1) is 13.6. The fourth-order valence-electron chi connectivity index (χ4n) is 2.96. The summed E-state index contributed by atoms with van der Waals surface area (Å²) >= 11 is 0. The maximum Gasteiger partial charge on any atom is 0.416 e. The summed E-state index contributed by atoms with van der Waals surface area (Å²) in [5, 5.41) is 0. The molecule has 0 fully saturated rings. The van der Waals surface area contributed by atoms with E-state index in [1.54, 1.807) is 7.05 Å². The Kier molecular flexibility index (Phi) is 7.66. The molecule has 0 bridgehead atoms. The Labute approximate surface area is 167 Å². The minimum absolute atomic E-state index is 0.319. The quantitative estimate of drug-likeness (QED) is 0.634. The van der Waals surface area contributed by atoms with Crippen LogP contribution in [0.15, 0.2) is 39.9 Å². The number of alkyl halides is 3. The molecule has 0 unspecified atom stereocenters. The van der Waals surface area contributed by atoms with Crippen LogP contribution in [0.4, 0.5) is 13.2 Å². The van der Waals surface area contributed by atoms with E-state index in [4.69, 9.17) is 4.74 Å². The first-order valence-electron chi connectivity index (χ1n) is 9.41. The second-order valence-corrected chi connectivity index (χ2v) is 6.78. The van der Waals surface area contributed by atoms with Crippen LogP contribution < -0.4 is 16.0 Å². The van der Waals surface area contributed by atoms with Gasteiger partial charge in [-0.25, -0.2) is 4.79 Å². The zero-order valence-electron chi connectivity index (χ0n) is 16.8. The summed E-state index contributed by atoms with van der Waals surface area (Å²) in [6.07, 6.45) is -3.00. The van der Waals surface area contributed by atoms with Crippen LogP contribution in [0.25, 0.3) is 0 Å². The number of hydrogen-bond donors (Lipinski definition) is 0. The van der Waals surface area contributed by atoms with Gasteiger partial charge in [-0.2, -0.15) is 13.2 Å². The lowest BCUT2D eigenvalue weighted by Crippen LogP contribution is -2.38. The van der Waals surface area contributed by atoms with Gasteiger partial charge in [-0.05, 0) is 50.2 Å². The van der Waals surface area contributed by atoms with Gasteiger partial charge in [-0.15, -0.1) is 0 Å². The third-order valence-corrected chi connectivity index (χ3v) is 4.84. The lowest BCUT2D eigenvalue weighted by Gasteiger charge is -2.21. The fourth-order valence-corrected chi connectivity index (χ4v) is 2.96. The number of benzene rings is 1. The van der Waals surface area contributed by atoms with Gasteiger partial charge in [0.25, 0.3) is 5.56 Å². The molecule has 0 aliphatic rings. The number of halogens is 3. The van der Waals surface area contributed by atoms with Gasteiger partial charge in [0.1, 0.15) is 12.4 Å². The molecule has 2 rings (SSSR count). The highest BCUT2D eigenvalue weighted by Gasteiger charge is 2.30. The summed E-state index contributed by atoms with van der Waals surface area (Å²) in [5.41, 5.74) is -0.675. The summed E-state index contributed by atoms with van der Waals surface area (Å²) in [6, 6.07) is 6.11. The van der Waals surface area contributed by atoms with Gasteiger partial charge >= 0.3 is 11.9 Å². The van der Waals surface area contributed by atoms with Gasteiger partial charge in [-0.1, -0.05) is 6.92 Å². The van der Waals surface area contributed by atoms with E-state index in [0.717, 1.165) is 36.2 Å². The van der Waals surface area contributed by atoms with Crippen molar-refractivity contribution in [3.8, 4) is 5.75 Å². The number of hydrogen-bond acceptors (Lipinski definition) is 4. The smallest absolute Gasteiger partial charge is 0.416 e. The summed E-state index contributed by atoms with van der Waals surface area (Å²) < 4.78 is 45.8. The Balaban J connectivity index is 1.81. The van der Waals surface area contributed by atoms with Crippen molar-refractivity contribution < 1.29 is 17.9 Å². The molecule has 0 aliphatic carbocycles. The molecule has 0 spiro atoms. The molecule has 0 atom stereocenters. The summed E-state index contributed by atoms with van der Waals surface area (Å²) in [5.74, 6) is 0.393. The molecule has 2 aromatic rings. The molecule has 1 aromatic heterocycles. The van der Waals surface area contributed by atoms with E-state index < -0.39 is 11.7 Å². The van der Waals surface area contributed by atoms with Gasteiger partial charge in [0.05, 0.1) is 5.56 Å². The molecule has 0 radical (unpaired) electrons. The molecule has 1 heterocycles. The van der Waals surface area contributed by atoms with Crippen LogP contribution in [0.5, 0.6) is 5.75 Å². The second-order valence-electron chi connectivity index (χ2n) is 6.78. The van der Waals surface area contributed by atoms with Crippen LogP contribution in [0.3, 0.4) is 0 Å². The Hall–Kier alpha value is -2.55. The van der Waals surface area contributed by atoms with Crippen molar-refractivity contribution in [3.05, 3.63) is 62.4 Å². The lowest BCUT2D eigenvalue weighted by molar-refractivity contribution is -0.137. The van der Waals surface area contributed by atoms with Crippen LogP contribution in [0.1, 0.15) is 24.6 Å². The van der Waals surface area contributed by atoms with Crippen LogP contribution in [-0.2, 0) is 26.7 Å². The molecular weight excluding hydrogens is 387 g/mol. The van der Waals surface area contributed by atoms with E-state index >= 15 is 0 Å². The monoisotopic (exact) mass is 413 g/mol. The highest BCUT2D eigenvalue weighted by molar-refractivity contribution is 5.28. The highest BCUT2D eigenvalue weighted by atomic mass is 19.4. The number of aryl methyl sites for hydroxylation is 1. The first kappa shape index (κ1) is 22.7. The van der Waals surface area contributed by atoms with Crippen molar-refractivity contribution in [2.24, 2.45) is 14.1 Å². The average molecular weight is 413 g/mol. The summed E-state index contributed by atoms with van der Waals surface area (Å²) in [6.45, 7) is 4.50. The predicted octanol–water partition coefficient (Wildman–Crippen LogP) is 2.44. The number of nitrogens with zero attached hydrogens (tertiary/aromatic N) is 3. The van der Waals surface area contributed by atoms with E-state index in [0.29, 0.717) is 31.0 Å². The number of rotatable bonds is 9. The SMILES string of the molecule is CCN(CCCc1cc(=O)n(C)c(=O)n1C)CCOc1ccc(C(F)(F)F)cc1. The minimum Gasteiger partial charge on any atom is -0.492 e. The molecule has 0 amide bonds. The fraction of sp³-hybridized carbons (Fsp3) is 0.500. The minimum atomic E-state index is -4.36. The van der Waals surface area contributed by atoms with Gasteiger partial charge < -0.3 is 14.2 Å². The number of ether oxygens (including phenoxy) is 1. The molecule has 160 valence electrons. The van der Waals surface area contributed by atoms with Crippen molar-refractivity contribution >= 4 is 0 Å². The average Bonchev–Trinajstić information content (AvgIpc) is 2.68.